The number of methoxy groups -OCH3 is 2. The van der Waals surface area contributed by atoms with Crippen molar-refractivity contribution in [2.24, 2.45) is 5.73 Å². The van der Waals surface area contributed by atoms with Crippen molar-refractivity contribution in [3.63, 3.8) is 0 Å². The lowest BCUT2D eigenvalue weighted by molar-refractivity contribution is -0.117. The van der Waals surface area contributed by atoms with Gasteiger partial charge in [0.25, 0.3) is 0 Å². The second-order valence-corrected chi connectivity index (χ2v) is 22.8. The second-order valence-electron chi connectivity index (χ2n) is 18.6. The maximum Gasteiger partial charge on any atom is 0.319 e. The highest BCUT2D eigenvalue weighted by atomic mass is 28.4. The Bertz CT molecular complexity index is 2460. The number of primary amides is 1. The first-order valence-electron chi connectivity index (χ1n) is 24.2. The molecule has 0 unspecified atom stereocenters. The van der Waals surface area contributed by atoms with Gasteiger partial charge in [0.15, 0.2) is 0 Å². The van der Waals surface area contributed by atoms with Crippen LogP contribution in [-0.2, 0) is 24.1 Å². The first-order valence-corrected chi connectivity index (χ1v) is 26.1. The van der Waals surface area contributed by atoms with Crippen molar-refractivity contribution in [1.82, 2.24) is 15.5 Å². The number of likely N-dealkylation sites (tertiary alicyclic amines) is 1. The lowest BCUT2D eigenvalue weighted by Gasteiger charge is -2.43. The molecule has 70 heavy (non-hydrogen) atoms. The third-order valence-corrected chi connectivity index (χ3v) is 17.3. The van der Waals surface area contributed by atoms with E-state index in [0.717, 1.165) is 79.4 Å². The Balaban J connectivity index is 0.000000585. The molecule has 1 fully saturated rings. The van der Waals surface area contributed by atoms with Crippen molar-refractivity contribution in [2.45, 2.75) is 70.1 Å². The maximum absolute atomic E-state index is 12.7. The molecule has 13 heteroatoms. The lowest BCUT2D eigenvalue weighted by atomic mass is 10.0. The fourth-order valence-corrected chi connectivity index (χ4v) is 13.1. The molecular formula is C57H71N5O7Si. The second kappa shape index (κ2) is 26.3. The highest BCUT2D eigenvalue weighted by Crippen LogP contribution is 2.38. The van der Waals surface area contributed by atoms with Gasteiger partial charge < -0.3 is 50.3 Å². The number of urea groups is 1. The fraction of sp³-hybridized carbons (Fsp3) is 0.333. The number of amides is 3. The zero-order chi connectivity index (χ0) is 49.8. The Morgan fingerprint density at radius 2 is 1.24 bits per heavy atom. The van der Waals surface area contributed by atoms with Gasteiger partial charge in [0, 0.05) is 37.9 Å². The van der Waals surface area contributed by atoms with E-state index in [0.29, 0.717) is 24.9 Å². The number of hydrogen-bond donors (Lipinski definition) is 5. The van der Waals surface area contributed by atoms with Gasteiger partial charge in [-0.05, 0) is 125 Å². The van der Waals surface area contributed by atoms with Crippen LogP contribution >= 0.6 is 0 Å². The van der Waals surface area contributed by atoms with Crippen LogP contribution in [0.1, 0.15) is 50.3 Å². The number of piperidine rings is 1. The van der Waals surface area contributed by atoms with E-state index in [4.69, 9.17) is 24.4 Å². The van der Waals surface area contributed by atoms with Gasteiger partial charge in [-0.15, -0.1) is 0 Å². The van der Waals surface area contributed by atoms with Crippen molar-refractivity contribution in [2.75, 3.05) is 58.9 Å². The molecule has 1 heterocycles. The fourth-order valence-electron chi connectivity index (χ4n) is 8.65. The molecule has 0 bridgehead atoms. The van der Waals surface area contributed by atoms with Gasteiger partial charge in [0.1, 0.15) is 35.7 Å². The van der Waals surface area contributed by atoms with Gasteiger partial charge in [-0.1, -0.05) is 118 Å². The minimum absolute atomic E-state index is 0.00268. The molecule has 1 aliphatic rings. The lowest BCUT2D eigenvalue weighted by Crippen LogP contribution is -2.68. The molecule has 0 aromatic heterocycles. The summed E-state index contributed by atoms with van der Waals surface area (Å²) in [6.07, 6.45) is 3.05. The summed E-state index contributed by atoms with van der Waals surface area (Å²) in [5.74, 6) is 2.73. The van der Waals surface area contributed by atoms with E-state index in [1.165, 1.54) is 15.9 Å². The van der Waals surface area contributed by atoms with Crippen LogP contribution in [0.15, 0.2) is 158 Å². The molecule has 0 saturated carbocycles. The molecule has 6 aromatic rings. The molecule has 1 saturated heterocycles. The number of nitrogens with two attached hydrogens (primary N) is 1. The summed E-state index contributed by atoms with van der Waals surface area (Å²) in [5.41, 5.74) is 9.37. The molecule has 6 aromatic carbocycles. The SMILES string of the molecule is COc1cccc(CC(N)=O)c1.COc1cccc(CCNC(=O)N2CCC(Nc3ccc(CCNC[C@H](O)COc4ccc(O[Si](c5ccccc5)(c5ccccc5)C(C)(C)C)cc4)cc3)CC2)c1. The van der Waals surface area contributed by atoms with Gasteiger partial charge in [-0.2, -0.15) is 0 Å². The van der Waals surface area contributed by atoms with E-state index in [1.54, 1.807) is 20.3 Å². The molecule has 6 N–H and O–H groups in total. The molecule has 1 atom stereocenters. The molecule has 3 amide bonds. The summed E-state index contributed by atoms with van der Waals surface area (Å²) >= 11 is 0. The zero-order valence-electron chi connectivity index (χ0n) is 41.4. The van der Waals surface area contributed by atoms with E-state index in [2.05, 4.69) is 110 Å². The predicted octanol–water partition coefficient (Wildman–Crippen LogP) is 7.76. The number of rotatable bonds is 21. The third-order valence-electron chi connectivity index (χ3n) is 12.4. The van der Waals surface area contributed by atoms with Crippen LogP contribution < -0.4 is 50.7 Å². The number of aliphatic hydroxyl groups is 1. The number of benzene rings is 6. The Hall–Kier alpha value is -6.80. The summed E-state index contributed by atoms with van der Waals surface area (Å²) in [6, 6.07) is 53.1. The standard InChI is InChI=1S/C48H60N4O5Si.C9H11NO2/c1-48(2,3)58(45-14-7-5-8-15-45,46-16-9-6-10-17-46)57-43-24-22-42(23-25-43)56-36-41(53)35-49-30-26-37-18-20-39(21-19-37)51-40-28-32-52(33-29-40)47(54)50-31-27-38-12-11-13-44(34-38)55-4;1-12-8-4-2-3-7(5-8)6-9(10)11/h5-25,34,40-41,49,51,53H,26-33,35-36H2,1-4H3,(H,50,54);2-5H,6H2,1H3,(H2,10,11)/t41-;/m0./s1. The van der Waals surface area contributed by atoms with Crippen LogP contribution in [0, 0.1) is 0 Å². The van der Waals surface area contributed by atoms with Crippen molar-refractivity contribution < 1.29 is 33.3 Å². The number of aliphatic hydroxyl groups excluding tert-OH is 1. The molecule has 0 spiro atoms. The van der Waals surface area contributed by atoms with E-state index in [-0.39, 0.29) is 30.0 Å². The number of anilines is 1. The number of carbonyl (C=O) groups is 2. The summed E-state index contributed by atoms with van der Waals surface area (Å²) in [6.45, 7) is 10.2. The number of carbonyl (C=O) groups excluding carboxylic acids is 2. The van der Waals surface area contributed by atoms with Crippen molar-refractivity contribution in [1.29, 1.82) is 0 Å². The van der Waals surface area contributed by atoms with E-state index in [1.807, 2.05) is 83.8 Å². The first-order chi connectivity index (χ1) is 33.8. The minimum atomic E-state index is -2.72. The van der Waals surface area contributed by atoms with Crippen LogP contribution in [0.5, 0.6) is 23.0 Å². The third kappa shape index (κ3) is 15.6. The summed E-state index contributed by atoms with van der Waals surface area (Å²) < 4.78 is 23.3. The Kier molecular flexibility index (Phi) is 19.7. The topological polar surface area (TPSA) is 157 Å². The average molecular weight is 966 g/mol. The molecule has 0 aliphatic carbocycles. The normalized spacial score (nSPS) is 13.3. The van der Waals surface area contributed by atoms with Gasteiger partial charge in [0.2, 0.25) is 5.91 Å². The highest BCUT2D eigenvalue weighted by molar-refractivity contribution is 7.00. The highest BCUT2D eigenvalue weighted by Gasteiger charge is 2.52. The van der Waals surface area contributed by atoms with Crippen molar-refractivity contribution in [3.05, 3.63) is 174 Å². The van der Waals surface area contributed by atoms with Crippen molar-refractivity contribution in [3.8, 4) is 23.0 Å². The van der Waals surface area contributed by atoms with Gasteiger partial charge >= 0.3 is 14.3 Å². The quantitative estimate of drug-likeness (QED) is 0.0360. The summed E-state index contributed by atoms with van der Waals surface area (Å²) in [7, 11) is 0.524. The molecule has 12 nitrogen and oxygen atoms in total. The number of nitrogens with one attached hydrogen (secondary N) is 3. The molecular weight excluding hydrogens is 895 g/mol. The predicted molar refractivity (Wildman–Crippen MR) is 283 cm³/mol. The number of ether oxygens (including phenoxy) is 3. The van der Waals surface area contributed by atoms with Crippen LogP contribution in [0.25, 0.3) is 0 Å². The Morgan fingerprint density at radius 3 is 1.81 bits per heavy atom. The number of hydrogen-bond acceptors (Lipinski definition) is 9. The van der Waals surface area contributed by atoms with E-state index >= 15 is 0 Å². The largest absolute Gasteiger partial charge is 0.534 e. The number of nitrogens with zero attached hydrogens (tertiary/aromatic N) is 1. The van der Waals surface area contributed by atoms with Crippen LogP contribution in [0.2, 0.25) is 5.04 Å². The zero-order valence-corrected chi connectivity index (χ0v) is 42.4. The van der Waals surface area contributed by atoms with Crippen LogP contribution in [0.3, 0.4) is 0 Å². The molecule has 7 rings (SSSR count). The van der Waals surface area contributed by atoms with Crippen molar-refractivity contribution >= 4 is 36.3 Å². The van der Waals surface area contributed by atoms with Crippen LogP contribution in [-0.4, -0.2) is 96.0 Å². The smallest absolute Gasteiger partial charge is 0.319 e. The van der Waals surface area contributed by atoms with Gasteiger partial charge in [-0.25, -0.2) is 4.79 Å². The minimum Gasteiger partial charge on any atom is -0.534 e. The molecule has 1 aliphatic heterocycles. The summed E-state index contributed by atoms with van der Waals surface area (Å²) in [4.78, 5) is 25.2. The van der Waals surface area contributed by atoms with E-state index in [9.17, 15) is 14.7 Å². The summed E-state index contributed by atoms with van der Waals surface area (Å²) in [5, 5.41) is 23.0. The van der Waals surface area contributed by atoms with Gasteiger partial charge in [0.05, 0.1) is 20.6 Å². The monoisotopic (exact) mass is 966 g/mol. The Morgan fingerprint density at radius 1 is 0.686 bits per heavy atom. The average Bonchev–Trinajstić information content (AvgIpc) is 3.37. The van der Waals surface area contributed by atoms with Crippen LogP contribution in [0.4, 0.5) is 10.5 Å². The molecule has 370 valence electrons. The Labute approximate surface area is 415 Å². The molecule has 0 radical (unpaired) electrons. The maximum atomic E-state index is 12.7. The van der Waals surface area contributed by atoms with E-state index < -0.39 is 14.4 Å². The first kappa shape index (κ1) is 52.6. The van der Waals surface area contributed by atoms with Gasteiger partial charge in [-0.3, -0.25) is 4.79 Å².